The molecule has 1 unspecified atom stereocenters. The Balaban J connectivity index is 1.96. The van der Waals surface area contributed by atoms with Crippen LogP contribution >= 0.6 is 0 Å². The fourth-order valence-electron chi connectivity index (χ4n) is 5.40. The highest BCUT2D eigenvalue weighted by Crippen LogP contribution is 2.36. The minimum atomic E-state index is -1.48. The highest BCUT2D eigenvalue weighted by Gasteiger charge is 2.46. The highest BCUT2D eigenvalue weighted by molar-refractivity contribution is 6.76. The van der Waals surface area contributed by atoms with Gasteiger partial charge in [-0.05, 0) is 74.4 Å². The zero-order chi connectivity index (χ0) is 38.3. The molecule has 51 heavy (non-hydrogen) atoms. The van der Waals surface area contributed by atoms with Crippen LogP contribution in [0.5, 0.6) is 11.5 Å². The van der Waals surface area contributed by atoms with Crippen LogP contribution in [-0.2, 0) is 23.7 Å². The van der Waals surface area contributed by atoms with Crippen molar-refractivity contribution in [2.45, 2.75) is 103 Å². The lowest BCUT2D eigenvalue weighted by atomic mass is 9.95. The van der Waals surface area contributed by atoms with E-state index in [9.17, 15) is 9.59 Å². The van der Waals surface area contributed by atoms with Crippen LogP contribution in [0.1, 0.15) is 81.0 Å². The number of benzene rings is 2. The van der Waals surface area contributed by atoms with Crippen LogP contribution in [0, 0.1) is 5.92 Å². The second-order valence-electron chi connectivity index (χ2n) is 14.2. The predicted octanol–water partition coefficient (Wildman–Crippen LogP) is 8.83. The molecule has 2 aromatic carbocycles. The Bertz CT molecular complexity index is 1530. The molecule has 5 atom stereocenters. The molecule has 1 aliphatic rings. The third-order valence-electron chi connectivity index (χ3n) is 8.25. The van der Waals surface area contributed by atoms with E-state index < -0.39 is 44.1 Å². The third kappa shape index (κ3) is 14.0. The Labute approximate surface area is 304 Å². The molecule has 13 heteroatoms. The van der Waals surface area contributed by atoms with E-state index in [1.54, 1.807) is 42.5 Å². The van der Waals surface area contributed by atoms with E-state index in [2.05, 4.69) is 29.7 Å². The topological polar surface area (TPSA) is 148 Å². The molecular formula is C38H55N3O9Si. The van der Waals surface area contributed by atoms with Gasteiger partial charge in [0.05, 0.1) is 31.4 Å². The third-order valence-corrected chi connectivity index (χ3v) is 9.95. The molecule has 280 valence electrons. The Morgan fingerprint density at radius 2 is 1.84 bits per heavy atom. The molecule has 1 saturated heterocycles. The Morgan fingerprint density at radius 3 is 2.51 bits per heavy atom. The van der Waals surface area contributed by atoms with Crippen molar-refractivity contribution in [3.63, 3.8) is 0 Å². The summed E-state index contributed by atoms with van der Waals surface area (Å²) in [6.07, 6.45) is 3.07. The number of methoxy groups -OCH3 is 1. The smallest absolute Gasteiger partial charge is 0.342 e. The first-order valence-electron chi connectivity index (χ1n) is 18.0. The van der Waals surface area contributed by atoms with Crippen molar-refractivity contribution in [2.75, 3.05) is 33.7 Å². The van der Waals surface area contributed by atoms with Crippen LogP contribution in [-0.4, -0.2) is 77.8 Å². The number of hydrogen-bond donors (Lipinski definition) is 0. The molecular weight excluding hydrogens is 671 g/mol. The Morgan fingerprint density at radius 1 is 1.10 bits per heavy atom. The van der Waals surface area contributed by atoms with E-state index in [0.29, 0.717) is 36.1 Å². The second-order valence-corrected chi connectivity index (χ2v) is 19.8. The van der Waals surface area contributed by atoms with Gasteiger partial charge in [-0.25, -0.2) is 9.59 Å². The van der Waals surface area contributed by atoms with Crippen LogP contribution in [0.4, 0.5) is 0 Å². The molecule has 1 heterocycles. The van der Waals surface area contributed by atoms with Gasteiger partial charge in [0.25, 0.3) is 0 Å². The summed E-state index contributed by atoms with van der Waals surface area (Å²) in [6.45, 7) is 14.5. The van der Waals surface area contributed by atoms with Crippen LogP contribution in [0.2, 0.25) is 25.7 Å². The Kier molecular flexibility index (Phi) is 15.8. The normalized spacial score (nSPS) is 19.0. The summed E-state index contributed by atoms with van der Waals surface area (Å²) < 4.78 is 49.6. The summed E-state index contributed by atoms with van der Waals surface area (Å²) in [6, 6.07) is 12.9. The molecule has 1 aliphatic heterocycles. The SMILES string of the molecule is [3H][C@@H](C)[C@H](C)CC[C@@H](OC(=O)c1ccccc1)[C@H]1OC(C)(C)OC1C/C=C/c1cc(OCCN=[N+]=[N-])cc(OCOC)c1C(=O)OCC[Si](C)(C)C. The van der Waals surface area contributed by atoms with Gasteiger partial charge in [0, 0.05) is 27.5 Å². The van der Waals surface area contributed by atoms with E-state index in [1.165, 1.54) is 7.11 Å². The van der Waals surface area contributed by atoms with E-state index in [4.69, 9.17) is 40.1 Å². The summed E-state index contributed by atoms with van der Waals surface area (Å²) >= 11 is 0. The number of carbonyl (C=O) groups excluding carboxylic acids is 2. The molecule has 0 aromatic heterocycles. The lowest BCUT2D eigenvalue weighted by molar-refractivity contribution is -0.156. The first-order valence-corrected chi connectivity index (χ1v) is 21.2. The highest BCUT2D eigenvalue weighted by atomic mass is 28.3. The number of carbonyl (C=O) groups is 2. The number of nitrogens with zero attached hydrogens (tertiary/aromatic N) is 3. The van der Waals surface area contributed by atoms with Gasteiger partial charge in [-0.2, -0.15) is 0 Å². The molecule has 0 saturated carbocycles. The monoisotopic (exact) mass is 727 g/mol. The fraction of sp³-hybridized carbons (Fsp3) is 0.579. The molecule has 0 spiro atoms. The van der Waals surface area contributed by atoms with Gasteiger partial charge < -0.3 is 33.2 Å². The lowest BCUT2D eigenvalue weighted by Gasteiger charge is -2.27. The molecule has 2 aromatic rings. The van der Waals surface area contributed by atoms with E-state index in [0.717, 1.165) is 6.04 Å². The number of azide groups is 1. The van der Waals surface area contributed by atoms with Crippen molar-refractivity contribution in [1.29, 1.82) is 0 Å². The minimum Gasteiger partial charge on any atom is -0.493 e. The zero-order valence-electron chi connectivity index (χ0n) is 32.3. The summed E-state index contributed by atoms with van der Waals surface area (Å²) in [5.74, 6) is -1.28. The van der Waals surface area contributed by atoms with Gasteiger partial charge in [-0.3, -0.25) is 0 Å². The van der Waals surface area contributed by atoms with Gasteiger partial charge >= 0.3 is 11.9 Å². The molecule has 0 radical (unpaired) electrons. The van der Waals surface area contributed by atoms with Crippen molar-refractivity contribution < 1.29 is 44.1 Å². The van der Waals surface area contributed by atoms with Crippen molar-refractivity contribution in [3.8, 4) is 11.5 Å². The van der Waals surface area contributed by atoms with Crippen LogP contribution in [0.15, 0.2) is 53.7 Å². The molecule has 0 bridgehead atoms. The van der Waals surface area contributed by atoms with Crippen LogP contribution < -0.4 is 9.47 Å². The average Bonchev–Trinajstić information content (AvgIpc) is 3.40. The average molecular weight is 728 g/mol. The Hall–Kier alpha value is -3.87. The largest absolute Gasteiger partial charge is 0.493 e. The van der Waals surface area contributed by atoms with E-state index in [-0.39, 0.29) is 50.2 Å². The first-order chi connectivity index (χ1) is 24.6. The quantitative estimate of drug-likeness (QED) is 0.0234. The maximum absolute atomic E-state index is 13.6. The maximum Gasteiger partial charge on any atom is 0.342 e. The summed E-state index contributed by atoms with van der Waals surface area (Å²) in [7, 11) is 0.000130. The standard InChI is InChI=1S/C38H55N3O9Si/c1-9-27(2)18-19-31(48-36(42)28-14-11-10-12-15-28)35-32(49-38(3,4)50-35)17-13-16-29-24-30(45-21-20-40-41-39)25-33(47-26-44-5)34(29)37(43)46-22-23-51(6,7)8/h10-16,24-25,27,31-32,35H,9,17-23,26H2,1-8H3/b16-13+/t27-,31+,32?,35+/m0/s1/i9T/t9-,27-,31+,32?,35+. The molecule has 1 fully saturated rings. The number of hydrogen-bond acceptors (Lipinski definition) is 10. The fourth-order valence-corrected chi connectivity index (χ4v) is 6.12. The number of rotatable bonds is 21. The minimum absolute atomic E-state index is 0.0752. The summed E-state index contributed by atoms with van der Waals surface area (Å²) in [5, 5.41) is 3.53. The predicted molar refractivity (Wildman–Crippen MR) is 199 cm³/mol. The number of ether oxygens (including phenoxy) is 7. The summed E-state index contributed by atoms with van der Waals surface area (Å²) in [4.78, 5) is 29.7. The van der Waals surface area contributed by atoms with Crippen LogP contribution in [0.3, 0.4) is 0 Å². The van der Waals surface area contributed by atoms with Crippen LogP contribution in [0.25, 0.3) is 16.5 Å². The van der Waals surface area contributed by atoms with Crippen molar-refractivity contribution in [3.05, 3.63) is 75.7 Å². The van der Waals surface area contributed by atoms with Crippen molar-refractivity contribution >= 4 is 26.1 Å². The van der Waals surface area contributed by atoms with Crippen molar-refractivity contribution in [1.82, 2.24) is 0 Å². The molecule has 3 rings (SSSR count). The van der Waals surface area contributed by atoms with Gasteiger partial charge in [0.15, 0.2) is 12.6 Å². The maximum atomic E-state index is 13.6. The van der Waals surface area contributed by atoms with E-state index in [1.807, 2.05) is 39.8 Å². The van der Waals surface area contributed by atoms with Crippen molar-refractivity contribution in [2.24, 2.45) is 11.0 Å². The summed E-state index contributed by atoms with van der Waals surface area (Å²) in [5.41, 5.74) is 9.79. The lowest BCUT2D eigenvalue weighted by Crippen LogP contribution is -2.39. The first kappa shape index (κ1) is 39.9. The second kappa shape index (κ2) is 20.2. The number of esters is 2. The molecule has 0 N–H and O–H groups in total. The van der Waals surface area contributed by atoms with Gasteiger partial charge in [-0.1, -0.05) is 75.4 Å². The molecule has 0 amide bonds. The zero-order valence-corrected chi connectivity index (χ0v) is 32.3. The van der Waals surface area contributed by atoms with Gasteiger partial charge in [0.2, 0.25) is 0 Å². The van der Waals surface area contributed by atoms with E-state index >= 15 is 0 Å². The molecule has 0 aliphatic carbocycles. The van der Waals surface area contributed by atoms with Gasteiger partial charge in [0.1, 0.15) is 29.3 Å². The van der Waals surface area contributed by atoms with Gasteiger partial charge in [-0.15, -0.1) is 0 Å². The molecule has 12 nitrogen and oxygen atoms in total.